The molecule has 2 heterocycles. The second-order valence-corrected chi connectivity index (χ2v) is 5.11. The highest BCUT2D eigenvalue weighted by Gasteiger charge is 2.06. The number of rotatable bonds is 6. The van der Waals surface area contributed by atoms with Gasteiger partial charge in [0.05, 0.1) is 19.2 Å². The van der Waals surface area contributed by atoms with Crippen molar-refractivity contribution in [3.05, 3.63) is 40.2 Å². The number of methoxy groups -OCH3 is 1. The van der Waals surface area contributed by atoms with E-state index in [0.717, 1.165) is 15.4 Å². The van der Waals surface area contributed by atoms with Crippen LogP contribution in [0.2, 0.25) is 0 Å². The highest BCUT2D eigenvalue weighted by molar-refractivity contribution is 7.12. The zero-order chi connectivity index (χ0) is 13.7. The second kappa shape index (κ2) is 6.19. The maximum Gasteiger partial charge on any atom is 0.308 e. The molecule has 0 unspecified atom stereocenters. The van der Waals surface area contributed by atoms with Crippen LogP contribution in [-0.2, 0) is 17.8 Å². The average Bonchev–Trinajstić information content (AvgIpc) is 2.83. The van der Waals surface area contributed by atoms with Gasteiger partial charge in [0.25, 0.3) is 0 Å². The zero-order valence-electron chi connectivity index (χ0n) is 10.4. The number of hydrogen-bond donors (Lipinski definition) is 2. The van der Waals surface area contributed by atoms with Gasteiger partial charge in [-0.25, -0.2) is 4.98 Å². The molecule has 19 heavy (non-hydrogen) atoms. The van der Waals surface area contributed by atoms with Crippen LogP contribution in [-0.4, -0.2) is 23.2 Å². The molecular weight excluding hydrogens is 264 g/mol. The van der Waals surface area contributed by atoms with Crippen LogP contribution < -0.4 is 10.1 Å². The van der Waals surface area contributed by atoms with Gasteiger partial charge >= 0.3 is 5.97 Å². The lowest BCUT2D eigenvalue weighted by atomic mass is 10.3. The van der Waals surface area contributed by atoms with Gasteiger partial charge in [-0.15, -0.1) is 11.3 Å². The second-order valence-electron chi connectivity index (χ2n) is 3.85. The van der Waals surface area contributed by atoms with E-state index in [-0.39, 0.29) is 6.42 Å². The van der Waals surface area contributed by atoms with Crippen LogP contribution in [0, 0.1) is 0 Å². The van der Waals surface area contributed by atoms with Crippen molar-refractivity contribution in [2.45, 2.75) is 13.0 Å². The smallest absolute Gasteiger partial charge is 0.308 e. The Kier molecular flexibility index (Phi) is 4.35. The van der Waals surface area contributed by atoms with Crippen LogP contribution in [0.1, 0.15) is 9.75 Å². The van der Waals surface area contributed by atoms with Crippen molar-refractivity contribution in [1.29, 1.82) is 0 Å². The van der Waals surface area contributed by atoms with Crippen LogP contribution in [0.5, 0.6) is 5.88 Å². The van der Waals surface area contributed by atoms with E-state index in [2.05, 4.69) is 10.3 Å². The molecule has 0 bridgehead atoms. The minimum Gasteiger partial charge on any atom is -0.481 e. The average molecular weight is 278 g/mol. The molecule has 2 N–H and O–H groups in total. The largest absolute Gasteiger partial charge is 0.481 e. The highest BCUT2D eigenvalue weighted by atomic mass is 32.1. The predicted octanol–water partition coefficient (Wildman–Crippen LogP) is 2.39. The molecule has 2 rings (SSSR count). The number of carboxylic acid groups (broad SMARTS) is 1. The Balaban J connectivity index is 1.98. The first-order valence-electron chi connectivity index (χ1n) is 5.71. The Morgan fingerprint density at radius 3 is 2.95 bits per heavy atom. The molecule has 0 amide bonds. The first-order valence-corrected chi connectivity index (χ1v) is 6.53. The van der Waals surface area contributed by atoms with Crippen LogP contribution in [0.3, 0.4) is 0 Å². The van der Waals surface area contributed by atoms with Crippen molar-refractivity contribution in [2.75, 3.05) is 12.4 Å². The van der Waals surface area contributed by atoms with Gasteiger partial charge in [0.1, 0.15) is 0 Å². The van der Waals surface area contributed by atoms with Crippen molar-refractivity contribution >= 4 is 23.0 Å². The third kappa shape index (κ3) is 3.69. The number of carboxylic acids is 1. The topological polar surface area (TPSA) is 71.5 Å². The number of ether oxygens (including phenoxy) is 1. The van der Waals surface area contributed by atoms with Crippen molar-refractivity contribution in [3.63, 3.8) is 0 Å². The zero-order valence-corrected chi connectivity index (χ0v) is 11.2. The first-order chi connectivity index (χ1) is 9.19. The first kappa shape index (κ1) is 13.4. The van der Waals surface area contributed by atoms with E-state index >= 15 is 0 Å². The minimum absolute atomic E-state index is 0.0703. The maximum atomic E-state index is 10.6. The van der Waals surface area contributed by atoms with Crippen LogP contribution in [0.4, 0.5) is 5.69 Å². The van der Waals surface area contributed by atoms with E-state index in [1.54, 1.807) is 13.3 Å². The van der Waals surface area contributed by atoms with E-state index in [0.29, 0.717) is 12.4 Å². The molecule has 2 aromatic rings. The number of anilines is 1. The normalized spacial score (nSPS) is 10.2. The molecule has 0 radical (unpaired) electrons. The number of nitrogens with zero attached hydrogens (tertiary/aromatic N) is 1. The van der Waals surface area contributed by atoms with Gasteiger partial charge in [-0.1, -0.05) is 0 Å². The van der Waals surface area contributed by atoms with E-state index in [9.17, 15) is 4.79 Å². The summed E-state index contributed by atoms with van der Waals surface area (Å²) in [6.07, 6.45) is 1.74. The summed E-state index contributed by atoms with van der Waals surface area (Å²) in [4.78, 5) is 16.6. The lowest BCUT2D eigenvalue weighted by Gasteiger charge is -2.08. The van der Waals surface area contributed by atoms with Gasteiger partial charge in [0.15, 0.2) is 0 Å². The van der Waals surface area contributed by atoms with Gasteiger partial charge in [0, 0.05) is 22.5 Å². The number of aromatic nitrogens is 1. The molecule has 0 aromatic carbocycles. The molecule has 2 aromatic heterocycles. The fraction of sp³-hybridized carbons (Fsp3) is 0.231. The summed E-state index contributed by atoms with van der Waals surface area (Å²) in [5.74, 6) is -0.264. The predicted molar refractivity (Wildman–Crippen MR) is 73.8 cm³/mol. The fourth-order valence-electron chi connectivity index (χ4n) is 1.63. The molecule has 0 saturated carbocycles. The molecule has 0 saturated heterocycles. The SMILES string of the molecule is COc1ncccc1NCc1ccc(CC(=O)O)s1. The summed E-state index contributed by atoms with van der Waals surface area (Å²) in [6.45, 7) is 0.617. The van der Waals surface area contributed by atoms with Crippen molar-refractivity contribution in [1.82, 2.24) is 4.98 Å². The van der Waals surface area contributed by atoms with Gasteiger partial charge in [0.2, 0.25) is 5.88 Å². The number of aliphatic carboxylic acids is 1. The van der Waals surface area contributed by atoms with Gasteiger partial charge < -0.3 is 15.2 Å². The molecule has 0 atom stereocenters. The van der Waals surface area contributed by atoms with Crippen molar-refractivity contribution in [3.8, 4) is 5.88 Å². The van der Waals surface area contributed by atoms with Gasteiger partial charge in [-0.2, -0.15) is 0 Å². The summed E-state index contributed by atoms with van der Waals surface area (Å²) >= 11 is 1.49. The third-order valence-electron chi connectivity index (χ3n) is 2.46. The molecule has 0 spiro atoms. The van der Waals surface area contributed by atoms with Crippen molar-refractivity contribution in [2.24, 2.45) is 0 Å². The molecular formula is C13H14N2O3S. The molecule has 0 aliphatic rings. The lowest BCUT2D eigenvalue weighted by Crippen LogP contribution is -2.01. The van der Waals surface area contributed by atoms with Crippen LogP contribution in [0.15, 0.2) is 30.5 Å². The Bertz CT molecular complexity index is 569. The van der Waals surface area contributed by atoms with E-state index in [1.807, 2.05) is 24.3 Å². The fourth-order valence-corrected chi connectivity index (χ4v) is 2.58. The van der Waals surface area contributed by atoms with E-state index in [4.69, 9.17) is 9.84 Å². The van der Waals surface area contributed by atoms with Gasteiger partial charge in [-0.05, 0) is 24.3 Å². The number of carbonyl (C=O) groups is 1. The molecule has 0 aliphatic carbocycles. The number of hydrogen-bond acceptors (Lipinski definition) is 5. The Morgan fingerprint density at radius 2 is 2.21 bits per heavy atom. The molecule has 5 nitrogen and oxygen atoms in total. The molecule has 0 aliphatic heterocycles. The highest BCUT2D eigenvalue weighted by Crippen LogP contribution is 2.23. The van der Waals surface area contributed by atoms with Crippen LogP contribution >= 0.6 is 11.3 Å². The third-order valence-corrected chi connectivity index (χ3v) is 3.55. The van der Waals surface area contributed by atoms with Crippen LogP contribution in [0.25, 0.3) is 0 Å². The summed E-state index contributed by atoms with van der Waals surface area (Å²) in [6, 6.07) is 7.49. The van der Waals surface area contributed by atoms with E-state index in [1.165, 1.54) is 11.3 Å². The van der Waals surface area contributed by atoms with Gasteiger partial charge in [-0.3, -0.25) is 4.79 Å². The number of pyridine rings is 1. The summed E-state index contributed by atoms with van der Waals surface area (Å²) < 4.78 is 5.14. The van der Waals surface area contributed by atoms with Crippen molar-refractivity contribution < 1.29 is 14.6 Å². The number of nitrogens with one attached hydrogen (secondary N) is 1. The van der Waals surface area contributed by atoms with E-state index < -0.39 is 5.97 Å². The molecule has 0 fully saturated rings. The quantitative estimate of drug-likeness (QED) is 0.849. The Hall–Kier alpha value is -2.08. The standard InChI is InChI=1S/C13H14N2O3S/c1-18-13-11(3-2-6-14-13)15-8-10-5-4-9(19-10)7-12(16)17/h2-6,15H,7-8H2,1H3,(H,16,17). The monoisotopic (exact) mass is 278 g/mol. The molecule has 6 heteroatoms. The Morgan fingerprint density at radius 1 is 1.42 bits per heavy atom. The lowest BCUT2D eigenvalue weighted by molar-refractivity contribution is -0.136. The summed E-state index contributed by atoms with van der Waals surface area (Å²) in [7, 11) is 1.57. The summed E-state index contributed by atoms with van der Waals surface area (Å²) in [5.41, 5.74) is 0.818. The minimum atomic E-state index is -0.810. The maximum absolute atomic E-state index is 10.6. The summed E-state index contributed by atoms with van der Waals surface area (Å²) in [5, 5.41) is 11.9. The number of thiophene rings is 1. The Labute approximate surface area is 114 Å². The molecule has 100 valence electrons.